The van der Waals surface area contributed by atoms with E-state index in [2.05, 4.69) is 38.4 Å². The zero-order valence-electron chi connectivity index (χ0n) is 12.9. The first-order valence-electron chi connectivity index (χ1n) is 7.57. The highest BCUT2D eigenvalue weighted by Crippen LogP contribution is 2.23. The smallest absolute Gasteiger partial charge is 0.146 e. The Morgan fingerprint density at radius 2 is 1.52 bits per heavy atom. The quantitative estimate of drug-likeness (QED) is 0.825. The first kappa shape index (κ1) is 15.5. The van der Waals surface area contributed by atoms with Crippen LogP contribution in [0.4, 0.5) is 0 Å². The maximum atomic E-state index is 12.6. The molecule has 0 aliphatic heterocycles. The summed E-state index contributed by atoms with van der Waals surface area (Å²) >= 11 is 0. The van der Waals surface area contributed by atoms with Gasteiger partial charge in [0, 0.05) is 5.92 Å². The van der Waals surface area contributed by atoms with Crippen molar-refractivity contribution in [2.45, 2.75) is 18.8 Å². The molecule has 0 fully saturated rings. The van der Waals surface area contributed by atoms with Crippen LogP contribution >= 0.6 is 0 Å². The van der Waals surface area contributed by atoms with Gasteiger partial charge in [-0.3, -0.25) is 4.79 Å². The van der Waals surface area contributed by atoms with E-state index in [4.69, 9.17) is 0 Å². The summed E-state index contributed by atoms with van der Waals surface area (Å²) in [5.41, 5.74) is 2.34. The van der Waals surface area contributed by atoms with Gasteiger partial charge in [-0.1, -0.05) is 60.7 Å². The van der Waals surface area contributed by atoms with Gasteiger partial charge in [0.15, 0.2) is 0 Å². The number of Topliss-reactive ketones (excluding diaryl/α,β-unsaturated/α-hetero) is 1. The van der Waals surface area contributed by atoms with E-state index >= 15 is 0 Å². The summed E-state index contributed by atoms with van der Waals surface area (Å²) in [6, 6.07) is 20.4. The monoisotopic (exact) mass is 282 g/mol. The summed E-state index contributed by atoms with van der Waals surface area (Å²) in [5.74, 6) is 0.305. The van der Waals surface area contributed by atoms with Gasteiger partial charge in [0.25, 0.3) is 0 Å². The standard InChI is InChI=1S/C19H23NO/c1-20(2)14-13-19(21)18(17-11-7-4-8-12-17)15-16-9-5-3-6-10-16/h3-12,18H,13-15H2,1-2H3/p+1/t18-/m0/s1. The molecule has 0 unspecified atom stereocenters. The van der Waals surface area contributed by atoms with Crippen molar-refractivity contribution in [2.75, 3.05) is 20.6 Å². The zero-order valence-corrected chi connectivity index (χ0v) is 12.9. The lowest BCUT2D eigenvalue weighted by atomic mass is 9.87. The van der Waals surface area contributed by atoms with E-state index in [9.17, 15) is 4.79 Å². The van der Waals surface area contributed by atoms with Gasteiger partial charge in [0.05, 0.1) is 27.1 Å². The van der Waals surface area contributed by atoms with Crippen LogP contribution in [0.2, 0.25) is 0 Å². The van der Waals surface area contributed by atoms with Crippen molar-refractivity contribution in [3.63, 3.8) is 0 Å². The molecule has 0 spiro atoms. The van der Waals surface area contributed by atoms with Crippen molar-refractivity contribution in [1.29, 1.82) is 0 Å². The van der Waals surface area contributed by atoms with Gasteiger partial charge in [-0.05, 0) is 17.5 Å². The number of carbonyl (C=O) groups is 1. The molecule has 0 aromatic heterocycles. The predicted molar refractivity (Wildman–Crippen MR) is 86.6 cm³/mol. The fourth-order valence-electron chi connectivity index (χ4n) is 2.50. The molecule has 0 aliphatic carbocycles. The predicted octanol–water partition coefficient (Wildman–Crippen LogP) is 2.12. The molecule has 2 aromatic rings. The molecule has 2 heteroatoms. The van der Waals surface area contributed by atoms with E-state index in [0.717, 1.165) is 18.5 Å². The molecule has 0 saturated heterocycles. The molecule has 0 heterocycles. The Morgan fingerprint density at radius 3 is 2.10 bits per heavy atom. The third-order valence-corrected chi connectivity index (χ3v) is 3.74. The highest BCUT2D eigenvalue weighted by Gasteiger charge is 2.21. The number of ketones is 1. The van der Waals surface area contributed by atoms with Crippen LogP contribution in [0.3, 0.4) is 0 Å². The fourth-order valence-corrected chi connectivity index (χ4v) is 2.50. The Kier molecular flexibility index (Phi) is 5.70. The van der Waals surface area contributed by atoms with Gasteiger partial charge in [0.1, 0.15) is 5.78 Å². The average Bonchev–Trinajstić information content (AvgIpc) is 2.52. The molecule has 110 valence electrons. The fraction of sp³-hybridized carbons (Fsp3) is 0.316. The Bertz CT molecular complexity index is 548. The second kappa shape index (κ2) is 7.75. The van der Waals surface area contributed by atoms with E-state index in [0.29, 0.717) is 12.2 Å². The number of nitrogens with one attached hydrogen (secondary N) is 1. The number of carbonyl (C=O) groups excluding carboxylic acids is 1. The van der Waals surface area contributed by atoms with Crippen molar-refractivity contribution < 1.29 is 9.69 Å². The summed E-state index contributed by atoms with van der Waals surface area (Å²) in [6.07, 6.45) is 1.42. The highest BCUT2D eigenvalue weighted by molar-refractivity contribution is 5.86. The minimum Gasteiger partial charge on any atom is -0.339 e. The molecule has 1 N–H and O–H groups in total. The minimum absolute atomic E-state index is 0.0343. The van der Waals surface area contributed by atoms with Crippen LogP contribution < -0.4 is 4.90 Å². The normalized spacial score (nSPS) is 12.3. The topological polar surface area (TPSA) is 21.5 Å². The van der Waals surface area contributed by atoms with Gasteiger partial charge in [-0.15, -0.1) is 0 Å². The Labute approximate surface area is 127 Å². The lowest BCUT2D eigenvalue weighted by molar-refractivity contribution is -0.857. The average molecular weight is 282 g/mol. The molecule has 2 nitrogen and oxygen atoms in total. The number of benzene rings is 2. The van der Waals surface area contributed by atoms with Gasteiger partial charge >= 0.3 is 0 Å². The maximum absolute atomic E-state index is 12.6. The van der Waals surface area contributed by atoms with Crippen LogP contribution in [0, 0.1) is 0 Å². The molecule has 1 atom stereocenters. The van der Waals surface area contributed by atoms with E-state index in [1.807, 2.05) is 36.4 Å². The van der Waals surface area contributed by atoms with Crippen molar-refractivity contribution in [1.82, 2.24) is 0 Å². The SMILES string of the molecule is C[NH+](C)CCC(=O)[C@@H](Cc1ccccc1)c1ccccc1. The molecular formula is C19H24NO+. The molecule has 0 radical (unpaired) electrons. The number of quaternary nitrogens is 1. The van der Waals surface area contributed by atoms with Crippen molar-refractivity contribution in [3.05, 3.63) is 71.8 Å². The van der Waals surface area contributed by atoms with Crippen LogP contribution in [-0.4, -0.2) is 26.4 Å². The molecule has 0 amide bonds. The third-order valence-electron chi connectivity index (χ3n) is 3.74. The molecule has 2 rings (SSSR count). The highest BCUT2D eigenvalue weighted by atomic mass is 16.1. The van der Waals surface area contributed by atoms with Crippen molar-refractivity contribution >= 4 is 5.78 Å². The van der Waals surface area contributed by atoms with E-state index in [-0.39, 0.29) is 5.92 Å². The van der Waals surface area contributed by atoms with Crippen LogP contribution in [0.25, 0.3) is 0 Å². The van der Waals surface area contributed by atoms with E-state index in [1.54, 1.807) is 0 Å². The summed E-state index contributed by atoms with van der Waals surface area (Å²) in [7, 11) is 4.17. The number of rotatable bonds is 7. The number of hydrogen-bond acceptors (Lipinski definition) is 1. The van der Waals surface area contributed by atoms with Crippen LogP contribution in [0.15, 0.2) is 60.7 Å². The van der Waals surface area contributed by atoms with E-state index < -0.39 is 0 Å². The molecular weight excluding hydrogens is 258 g/mol. The minimum atomic E-state index is -0.0343. The van der Waals surface area contributed by atoms with Gasteiger partial charge in [-0.2, -0.15) is 0 Å². The Hall–Kier alpha value is -1.93. The van der Waals surface area contributed by atoms with Crippen LogP contribution in [0.1, 0.15) is 23.5 Å². The van der Waals surface area contributed by atoms with Crippen molar-refractivity contribution in [2.24, 2.45) is 0 Å². The summed E-state index contributed by atoms with van der Waals surface area (Å²) in [4.78, 5) is 14.0. The molecule has 0 aliphatic rings. The lowest BCUT2D eigenvalue weighted by Gasteiger charge is -2.17. The molecule has 2 aromatic carbocycles. The summed E-state index contributed by atoms with van der Waals surface area (Å²) in [5, 5.41) is 0. The first-order chi connectivity index (χ1) is 10.2. The Morgan fingerprint density at radius 1 is 0.952 bits per heavy atom. The third kappa shape index (κ3) is 4.83. The summed E-state index contributed by atoms with van der Waals surface area (Å²) < 4.78 is 0. The molecule has 21 heavy (non-hydrogen) atoms. The van der Waals surface area contributed by atoms with Crippen LogP contribution in [-0.2, 0) is 11.2 Å². The molecule has 0 bridgehead atoms. The second-order valence-corrected chi connectivity index (χ2v) is 5.83. The Balaban J connectivity index is 2.16. The largest absolute Gasteiger partial charge is 0.339 e. The van der Waals surface area contributed by atoms with E-state index in [1.165, 1.54) is 10.5 Å². The molecule has 0 saturated carbocycles. The maximum Gasteiger partial charge on any atom is 0.146 e. The lowest BCUT2D eigenvalue weighted by Crippen LogP contribution is -3.05. The van der Waals surface area contributed by atoms with Crippen molar-refractivity contribution in [3.8, 4) is 0 Å². The zero-order chi connectivity index (χ0) is 15.1. The van der Waals surface area contributed by atoms with Gasteiger partial charge < -0.3 is 4.90 Å². The van der Waals surface area contributed by atoms with Crippen LogP contribution in [0.5, 0.6) is 0 Å². The first-order valence-corrected chi connectivity index (χ1v) is 7.57. The second-order valence-electron chi connectivity index (χ2n) is 5.83. The number of hydrogen-bond donors (Lipinski definition) is 1. The van der Waals surface area contributed by atoms with Gasteiger partial charge in [-0.25, -0.2) is 0 Å². The summed E-state index contributed by atoms with van der Waals surface area (Å²) in [6.45, 7) is 0.886. The van der Waals surface area contributed by atoms with Gasteiger partial charge in [0.2, 0.25) is 0 Å².